The number of nitrogens with two attached hydrogens (primary N) is 1. The van der Waals surface area contributed by atoms with Gasteiger partial charge in [0.05, 0.1) is 0 Å². The molecule has 1 amide bonds. The second-order valence-corrected chi connectivity index (χ2v) is 5.28. The van der Waals surface area contributed by atoms with Crippen LogP contribution >= 0.6 is 15.9 Å². The molecule has 0 heterocycles. The third-order valence-electron chi connectivity index (χ3n) is 2.76. The van der Waals surface area contributed by atoms with E-state index in [1.54, 1.807) is 0 Å². The monoisotopic (exact) mass is 328 g/mol. The molecule has 0 fully saturated rings. The predicted molar refractivity (Wildman–Crippen MR) is 80.3 cm³/mol. The van der Waals surface area contributed by atoms with Crippen LogP contribution in [0.4, 0.5) is 0 Å². The first-order valence-electron chi connectivity index (χ1n) is 6.50. The van der Waals surface area contributed by atoms with Crippen molar-refractivity contribution < 1.29 is 9.53 Å². The standard InChI is InChI=1S/C14H21BrN2O2/c1-3-12(16)8-10-7-11(15)5-6-13(10)19-9-14(18)17-4-2/h5-7,12H,3-4,8-9,16H2,1-2H3,(H,17,18). The largest absolute Gasteiger partial charge is 0.483 e. The Morgan fingerprint density at radius 3 is 2.84 bits per heavy atom. The maximum atomic E-state index is 11.4. The molecule has 0 saturated carbocycles. The van der Waals surface area contributed by atoms with E-state index in [4.69, 9.17) is 10.5 Å². The van der Waals surface area contributed by atoms with Crippen molar-refractivity contribution >= 4 is 21.8 Å². The number of rotatable bonds is 7. The molecule has 1 aromatic rings. The summed E-state index contributed by atoms with van der Waals surface area (Å²) in [5.41, 5.74) is 7.00. The molecule has 0 aliphatic heterocycles. The quantitative estimate of drug-likeness (QED) is 0.806. The molecule has 0 saturated heterocycles. The zero-order chi connectivity index (χ0) is 14.3. The van der Waals surface area contributed by atoms with Crippen molar-refractivity contribution in [3.63, 3.8) is 0 Å². The Bertz CT molecular complexity index is 424. The lowest BCUT2D eigenvalue weighted by molar-refractivity contribution is -0.122. The Hall–Kier alpha value is -1.07. The minimum atomic E-state index is -0.115. The zero-order valence-corrected chi connectivity index (χ0v) is 13.0. The van der Waals surface area contributed by atoms with E-state index in [2.05, 4.69) is 28.2 Å². The summed E-state index contributed by atoms with van der Waals surface area (Å²) in [5.74, 6) is 0.606. The Balaban J connectivity index is 2.73. The molecule has 0 aliphatic carbocycles. The normalized spacial score (nSPS) is 12.0. The van der Waals surface area contributed by atoms with Gasteiger partial charge in [0.25, 0.3) is 5.91 Å². The highest BCUT2D eigenvalue weighted by Crippen LogP contribution is 2.24. The molecule has 1 aromatic carbocycles. The summed E-state index contributed by atoms with van der Waals surface area (Å²) in [6.45, 7) is 4.57. The number of nitrogens with one attached hydrogen (secondary N) is 1. The van der Waals surface area contributed by atoms with Gasteiger partial charge in [-0.3, -0.25) is 4.79 Å². The molecule has 1 atom stereocenters. The summed E-state index contributed by atoms with van der Waals surface area (Å²) in [6, 6.07) is 5.85. The van der Waals surface area contributed by atoms with Gasteiger partial charge in [0.15, 0.2) is 6.61 Å². The van der Waals surface area contributed by atoms with E-state index >= 15 is 0 Å². The van der Waals surface area contributed by atoms with Crippen LogP contribution in [0.1, 0.15) is 25.8 Å². The Labute approximate surface area is 122 Å². The number of hydrogen-bond acceptors (Lipinski definition) is 3. The highest BCUT2D eigenvalue weighted by Gasteiger charge is 2.10. The zero-order valence-electron chi connectivity index (χ0n) is 11.4. The van der Waals surface area contributed by atoms with Crippen molar-refractivity contribution in [1.82, 2.24) is 5.32 Å². The van der Waals surface area contributed by atoms with Crippen LogP contribution in [0.2, 0.25) is 0 Å². The van der Waals surface area contributed by atoms with E-state index in [0.29, 0.717) is 6.54 Å². The summed E-state index contributed by atoms with van der Waals surface area (Å²) in [5, 5.41) is 2.70. The van der Waals surface area contributed by atoms with Gasteiger partial charge >= 0.3 is 0 Å². The second-order valence-electron chi connectivity index (χ2n) is 4.37. The van der Waals surface area contributed by atoms with Gasteiger partial charge in [-0.1, -0.05) is 22.9 Å². The molecule has 106 valence electrons. The highest BCUT2D eigenvalue weighted by atomic mass is 79.9. The van der Waals surface area contributed by atoms with Gasteiger partial charge in [0.2, 0.25) is 0 Å². The number of halogens is 1. The molecule has 0 bridgehead atoms. The van der Waals surface area contributed by atoms with Crippen LogP contribution in [0.25, 0.3) is 0 Å². The second kappa shape index (κ2) is 8.17. The predicted octanol–water partition coefficient (Wildman–Crippen LogP) is 2.24. The molecule has 0 radical (unpaired) electrons. The molecule has 0 aliphatic rings. The van der Waals surface area contributed by atoms with Gasteiger partial charge in [-0.2, -0.15) is 0 Å². The van der Waals surface area contributed by atoms with Gasteiger partial charge in [-0.05, 0) is 43.5 Å². The fourth-order valence-corrected chi connectivity index (χ4v) is 2.08. The maximum Gasteiger partial charge on any atom is 0.257 e. The van der Waals surface area contributed by atoms with Crippen LogP contribution in [-0.2, 0) is 11.2 Å². The van der Waals surface area contributed by atoms with Gasteiger partial charge in [-0.15, -0.1) is 0 Å². The fourth-order valence-electron chi connectivity index (χ4n) is 1.67. The number of likely N-dealkylation sites (N-methyl/N-ethyl adjacent to an activating group) is 1. The van der Waals surface area contributed by atoms with Crippen molar-refractivity contribution in [3.8, 4) is 5.75 Å². The number of carbonyl (C=O) groups excluding carboxylic acids is 1. The Morgan fingerprint density at radius 2 is 2.21 bits per heavy atom. The van der Waals surface area contributed by atoms with Crippen LogP contribution in [0.15, 0.2) is 22.7 Å². The van der Waals surface area contributed by atoms with Gasteiger partial charge in [-0.25, -0.2) is 0 Å². The maximum absolute atomic E-state index is 11.4. The van der Waals surface area contributed by atoms with E-state index in [1.807, 2.05) is 25.1 Å². The molecule has 5 heteroatoms. The first kappa shape index (κ1) is 16.0. The average Bonchev–Trinajstić information content (AvgIpc) is 2.38. The van der Waals surface area contributed by atoms with Crippen LogP contribution in [0, 0.1) is 0 Å². The highest BCUT2D eigenvalue weighted by molar-refractivity contribution is 9.10. The van der Waals surface area contributed by atoms with Crippen LogP contribution in [0.3, 0.4) is 0 Å². The van der Waals surface area contributed by atoms with Crippen LogP contribution < -0.4 is 15.8 Å². The lowest BCUT2D eigenvalue weighted by atomic mass is 10.0. The van der Waals surface area contributed by atoms with Gasteiger partial charge in [0, 0.05) is 17.1 Å². The molecule has 19 heavy (non-hydrogen) atoms. The smallest absolute Gasteiger partial charge is 0.257 e. The average molecular weight is 329 g/mol. The van der Waals surface area contributed by atoms with E-state index in [0.717, 1.165) is 28.6 Å². The summed E-state index contributed by atoms with van der Waals surface area (Å²) in [4.78, 5) is 11.4. The molecular weight excluding hydrogens is 308 g/mol. The molecule has 3 N–H and O–H groups in total. The van der Waals surface area contributed by atoms with Crippen molar-refractivity contribution in [2.24, 2.45) is 5.73 Å². The molecule has 0 aromatic heterocycles. The topological polar surface area (TPSA) is 64.3 Å². The number of amides is 1. The van der Waals surface area contributed by atoms with Crippen molar-refractivity contribution in [2.45, 2.75) is 32.7 Å². The molecular formula is C14H21BrN2O2. The van der Waals surface area contributed by atoms with E-state index in [-0.39, 0.29) is 18.6 Å². The number of benzene rings is 1. The number of hydrogen-bond donors (Lipinski definition) is 2. The molecule has 0 spiro atoms. The minimum Gasteiger partial charge on any atom is -0.483 e. The minimum absolute atomic E-state index is 0.0316. The summed E-state index contributed by atoms with van der Waals surface area (Å²) in [6.07, 6.45) is 1.64. The SMILES string of the molecule is CCNC(=O)COc1ccc(Br)cc1CC(N)CC. The molecule has 4 nitrogen and oxygen atoms in total. The third-order valence-corrected chi connectivity index (χ3v) is 3.25. The van der Waals surface area contributed by atoms with E-state index < -0.39 is 0 Å². The summed E-state index contributed by atoms with van der Waals surface area (Å²) < 4.78 is 6.55. The first-order chi connectivity index (χ1) is 9.06. The Morgan fingerprint density at radius 1 is 1.47 bits per heavy atom. The van der Waals surface area contributed by atoms with E-state index in [1.165, 1.54) is 0 Å². The van der Waals surface area contributed by atoms with E-state index in [9.17, 15) is 4.79 Å². The third kappa shape index (κ3) is 5.61. The number of carbonyl (C=O) groups is 1. The first-order valence-corrected chi connectivity index (χ1v) is 7.29. The lowest BCUT2D eigenvalue weighted by Crippen LogP contribution is -2.28. The summed E-state index contributed by atoms with van der Waals surface area (Å²) >= 11 is 3.44. The fraction of sp³-hybridized carbons (Fsp3) is 0.500. The Kier molecular flexibility index (Phi) is 6.87. The van der Waals surface area contributed by atoms with Crippen LogP contribution in [-0.4, -0.2) is 25.1 Å². The van der Waals surface area contributed by atoms with Crippen LogP contribution in [0.5, 0.6) is 5.75 Å². The summed E-state index contributed by atoms with van der Waals surface area (Å²) in [7, 11) is 0. The van der Waals surface area contributed by atoms with Crippen molar-refractivity contribution in [3.05, 3.63) is 28.2 Å². The van der Waals surface area contributed by atoms with Crippen molar-refractivity contribution in [2.75, 3.05) is 13.2 Å². The van der Waals surface area contributed by atoms with Gasteiger partial charge in [0.1, 0.15) is 5.75 Å². The molecule has 1 unspecified atom stereocenters. The number of ether oxygens (including phenoxy) is 1. The van der Waals surface area contributed by atoms with Crippen molar-refractivity contribution in [1.29, 1.82) is 0 Å². The van der Waals surface area contributed by atoms with Gasteiger partial charge < -0.3 is 15.8 Å². The molecule has 1 rings (SSSR count). The lowest BCUT2D eigenvalue weighted by Gasteiger charge is -2.14.